The zero-order chi connectivity index (χ0) is 23.2. The van der Waals surface area contributed by atoms with Crippen LogP contribution in [0.15, 0.2) is 54.6 Å². The Kier molecular flexibility index (Phi) is 7.45. The molecule has 6 nitrogen and oxygen atoms in total. The van der Waals surface area contributed by atoms with E-state index in [0.717, 1.165) is 49.2 Å². The zero-order valence-electron chi connectivity index (χ0n) is 19.4. The summed E-state index contributed by atoms with van der Waals surface area (Å²) in [5.41, 5.74) is 5.61. The molecule has 0 spiro atoms. The van der Waals surface area contributed by atoms with Crippen LogP contribution in [0.4, 0.5) is 0 Å². The van der Waals surface area contributed by atoms with Gasteiger partial charge in [0.05, 0.1) is 13.7 Å². The Bertz CT molecular complexity index is 1050. The number of carboxylic acids is 1. The number of nitrogens with zero attached hydrogens (tertiary/aromatic N) is 2. The molecule has 0 aliphatic heterocycles. The van der Waals surface area contributed by atoms with E-state index < -0.39 is 5.97 Å². The fraction of sp³-hybridized carbons (Fsp3) is 0.407. The molecular formula is C27H32N2O4. The van der Waals surface area contributed by atoms with Gasteiger partial charge in [0.15, 0.2) is 0 Å². The van der Waals surface area contributed by atoms with Crippen LogP contribution < -0.4 is 4.74 Å². The fourth-order valence-corrected chi connectivity index (χ4v) is 4.76. The number of benzene rings is 2. The summed E-state index contributed by atoms with van der Waals surface area (Å²) < 4.78 is 12.8. The summed E-state index contributed by atoms with van der Waals surface area (Å²) in [5, 5.41) is 13.8. The highest BCUT2D eigenvalue weighted by Crippen LogP contribution is 2.36. The molecule has 0 amide bonds. The van der Waals surface area contributed by atoms with Gasteiger partial charge in [-0.15, -0.1) is 0 Å². The number of aromatic nitrogens is 2. The molecule has 3 aromatic rings. The summed E-state index contributed by atoms with van der Waals surface area (Å²) in [5.74, 6) is 0.945. The first-order valence-electron chi connectivity index (χ1n) is 11.6. The van der Waals surface area contributed by atoms with Crippen molar-refractivity contribution in [2.45, 2.75) is 39.2 Å². The number of hydrogen-bond donors (Lipinski definition) is 1. The van der Waals surface area contributed by atoms with E-state index in [4.69, 9.17) is 19.7 Å². The second-order valence-corrected chi connectivity index (χ2v) is 8.88. The van der Waals surface area contributed by atoms with E-state index in [0.29, 0.717) is 18.4 Å². The number of carboxylic acid groups (broad SMARTS) is 1. The standard InChI is InChI=1S/C27H32N2O4/c1-19-26(22-6-4-3-5-7-22)27(23-12-14-24(32-2)15-13-23)28-29(19)16-20-8-10-21(11-9-20)17-33-18-25(30)31/h3-7,12-15,20-21H,8-11,16-18H2,1-2H3,(H,30,31)/t20-,21-. The van der Waals surface area contributed by atoms with Crippen molar-refractivity contribution < 1.29 is 19.4 Å². The molecule has 1 heterocycles. The first-order valence-corrected chi connectivity index (χ1v) is 11.6. The maximum absolute atomic E-state index is 10.7. The second kappa shape index (κ2) is 10.7. The van der Waals surface area contributed by atoms with Gasteiger partial charge >= 0.3 is 5.97 Å². The summed E-state index contributed by atoms with van der Waals surface area (Å²) in [6, 6.07) is 18.6. The second-order valence-electron chi connectivity index (χ2n) is 8.88. The highest BCUT2D eigenvalue weighted by Gasteiger charge is 2.24. The van der Waals surface area contributed by atoms with E-state index in [-0.39, 0.29) is 6.61 Å². The van der Waals surface area contributed by atoms with Crippen molar-refractivity contribution >= 4 is 5.97 Å². The van der Waals surface area contributed by atoms with Crippen molar-refractivity contribution in [3.8, 4) is 28.1 Å². The summed E-state index contributed by atoms with van der Waals surface area (Å²) >= 11 is 0. The molecule has 0 radical (unpaired) electrons. The number of aliphatic carboxylic acids is 1. The highest BCUT2D eigenvalue weighted by atomic mass is 16.5. The van der Waals surface area contributed by atoms with Crippen molar-refractivity contribution in [2.75, 3.05) is 20.3 Å². The molecule has 0 bridgehead atoms. The van der Waals surface area contributed by atoms with Crippen LogP contribution in [0, 0.1) is 18.8 Å². The normalized spacial score (nSPS) is 18.2. The van der Waals surface area contributed by atoms with Gasteiger partial charge in [-0.2, -0.15) is 5.10 Å². The predicted molar refractivity (Wildman–Crippen MR) is 128 cm³/mol. The van der Waals surface area contributed by atoms with E-state index in [2.05, 4.69) is 48.0 Å². The average Bonchev–Trinajstić information content (AvgIpc) is 3.16. The third-order valence-electron chi connectivity index (χ3n) is 6.61. The molecule has 4 rings (SSSR count). The molecule has 0 atom stereocenters. The highest BCUT2D eigenvalue weighted by molar-refractivity contribution is 5.82. The van der Waals surface area contributed by atoms with Gasteiger partial charge in [0, 0.05) is 23.4 Å². The molecule has 2 aromatic carbocycles. The minimum atomic E-state index is -0.903. The van der Waals surface area contributed by atoms with Gasteiger partial charge in [0.25, 0.3) is 0 Å². The lowest BCUT2D eigenvalue weighted by molar-refractivity contribution is -0.142. The Morgan fingerprint density at radius 1 is 1.00 bits per heavy atom. The van der Waals surface area contributed by atoms with Crippen LogP contribution in [0.5, 0.6) is 5.75 Å². The van der Waals surface area contributed by atoms with E-state index in [9.17, 15) is 4.79 Å². The van der Waals surface area contributed by atoms with Gasteiger partial charge in [0.2, 0.25) is 0 Å². The van der Waals surface area contributed by atoms with E-state index in [1.165, 1.54) is 16.8 Å². The minimum Gasteiger partial charge on any atom is -0.497 e. The summed E-state index contributed by atoms with van der Waals surface area (Å²) in [6.45, 7) is 3.39. The van der Waals surface area contributed by atoms with Crippen LogP contribution in [0.3, 0.4) is 0 Å². The average molecular weight is 449 g/mol. The Balaban J connectivity index is 1.52. The van der Waals surface area contributed by atoms with Gasteiger partial charge in [0.1, 0.15) is 18.1 Å². The molecule has 0 saturated heterocycles. The monoisotopic (exact) mass is 448 g/mol. The van der Waals surface area contributed by atoms with Crippen molar-refractivity contribution in [2.24, 2.45) is 11.8 Å². The van der Waals surface area contributed by atoms with Crippen LogP contribution >= 0.6 is 0 Å². The van der Waals surface area contributed by atoms with Gasteiger partial charge in [-0.1, -0.05) is 30.3 Å². The maximum atomic E-state index is 10.7. The molecular weight excluding hydrogens is 416 g/mol. The van der Waals surface area contributed by atoms with E-state index in [1.807, 2.05) is 18.2 Å². The summed E-state index contributed by atoms with van der Waals surface area (Å²) in [4.78, 5) is 10.7. The Labute approximate surface area is 195 Å². The maximum Gasteiger partial charge on any atom is 0.329 e. The number of methoxy groups -OCH3 is 1. The lowest BCUT2D eigenvalue weighted by Gasteiger charge is -2.28. The fourth-order valence-electron chi connectivity index (χ4n) is 4.76. The molecule has 174 valence electrons. The van der Waals surface area contributed by atoms with E-state index >= 15 is 0 Å². The SMILES string of the molecule is COc1ccc(-c2nn(C[C@H]3CC[C@H](COCC(=O)O)CC3)c(C)c2-c2ccccc2)cc1. The topological polar surface area (TPSA) is 73.6 Å². The molecule has 1 aliphatic rings. The quantitative estimate of drug-likeness (QED) is 0.472. The van der Waals surface area contributed by atoms with Crippen LogP contribution in [-0.4, -0.2) is 41.2 Å². The smallest absolute Gasteiger partial charge is 0.329 e. The molecule has 0 unspecified atom stereocenters. The third kappa shape index (κ3) is 5.63. The van der Waals surface area contributed by atoms with Crippen LogP contribution in [0.2, 0.25) is 0 Å². The van der Waals surface area contributed by atoms with Gasteiger partial charge in [-0.05, 0) is 74.3 Å². The number of hydrogen-bond acceptors (Lipinski definition) is 4. The van der Waals surface area contributed by atoms with E-state index in [1.54, 1.807) is 7.11 Å². The molecule has 1 fully saturated rings. The number of carbonyl (C=O) groups is 1. The number of ether oxygens (including phenoxy) is 2. The molecule has 33 heavy (non-hydrogen) atoms. The summed E-state index contributed by atoms with van der Waals surface area (Å²) in [7, 11) is 1.68. The molecule has 1 aliphatic carbocycles. The summed E-state index contributed by atoms with van der Waals surface area (Å²) in [6.07, 6.45) is 4.36. The molecule has 1 aromatic heterocycles. The van der Waals surface area contributed by atoms with Crippen molar-refractivity contribution in [1.82, 2.24) is 9.78 Å². The lowest BCUT2D eigenvalue weighted by atomic mass is 9.82. The Morgan fingerprint density at radius 2 is 1.67 bits per heavy atom. The van der Waals surface area contributed by atoms with Crippen LogP contribution in [-0.2, 0) is 16.1 Å². The van der Waals surface area contributed by atoms with Gasteiger partial charge in [-0.3, -0.25) is 4.68 Å². The predicted octanol–water partition coefficient (Wildman–Crippen LogP) is 5.44. The zero-order valence-corrected chi connectivity index (χ0v) is 19.4. The van der Waals surface area contributed by atoms with Crippen molar-refractivity contribution in [3.63, 3.8) is 0 Å². The largest absolute Gasteiger partial charge is 0.497 e. The van der Waals surface area contributed by atoms with Crippen molar-refractivity contribution in [3.05, 3.63) is 60.3 Å². The lowest BCUT2D eigenvalue weighted by Crippen LogP contribution is -2.23. The van der Waals surface area contributed by atoms with Crippen molar-refractivity contribution in [1.29, 1.82) is 0 Å². The first-order chi connectivity index (χ1) is 16.0. The Morgan fingerprint density at radius 3 is 2.30 bits per heavy atom. The molecule has 6 heteroatoms. The first kappa shape index (κ1) is 23.1. The van der Waals surface area contributed by atoms with Gasteiger partial charge < -0.3 is 14.6 Å². The third-order valence-corrected chi connectivity index (χ3v) is 6.61. The minimum absolute atomic E-state index is 0.206. The number of rotatable bonds is 9. The van der Waals surface area contributed by atoms with Gasteiger partial charge in [-0.25, -0.2) is 4.79 Å². The Hall–Kier alpha value is -3.12. The molecule has 1 saturated carbocycles. The van der Waals surface area contributed by atoms with Crippen LogP contribution in [0.1, 0.15) is 31.4 Å². The van der Waals surface area contributed by atoms with Crippen LogP contribution in [0.25, 0.3) is 22.4 Å². The molecule has 1 N–H and O–H groups in total.